The molecule has 2 aromatic carbocycles. The number of aryl methyl sites for hydroxylation is 1. The van der Waals surface area contributed by atoms with Gasteiger partial charge in [-0.25, -0.2) is 0 Å². The maximum atomic E-state index is 12.2. The number of nitrogens with zero attached hydrogens (tertiary/aromatic N) is 1. The van der Waals surface area contributed by atoms with E-state index in [1.165, 1.54) is 18.2 Å². The lowest BCUT2D eigenvalue weighted by molar-refractivity contribution is -0.385. The minimum Gasteiger partial charge on any atom is -0.320 e. The molecule has 0 atom stereocenters. The van der Waals surface area contributed by atoms with Crippen LogP contribution in [0.1, 0.15) is 15.9 Å². The number of hydrogen-bond donors (Lipinski definition) is 1. The van der Waals surface area contributed by atoms with E-state index in [9.17, 15) is 14.9 Å². The average molecular weight is 325 g/mol. The first-order valence-electron chi connectivity index (χ1n) is 5.90. The van der Waals surface area contributed by atoms with Crippen molar-refractivity contribution in [2.75, 3.05) is 5.32 Å². The lowest BCUT2D eigenvalue weighted by Crippen LogP contribution is -2.14. The molecule has 0 unspecified atom stereocenters. The van der Waals surface area contributed by atoms with Gasteiger partial charge in [-0.3, -0.25) is 14.9 Å². The third kappa shape index (κ3) is 3.32. The Morgan fingerprint density at radius 1 is 1.19 bits per heavy atom. The molecule has 0 fully saturated rings. The molecule has 5 nitrogen and oxygen atoms in total. The van der Waals surface area contributed by atoms with E-state index < -0.39 is 16.5 Å². The monoisotopic (exact) mass is 324 g/mol. The normalized spacial score (nSPS) is 10.2. The summed E-state index contributed by atoms with van der Waals surface area (Å²) in [5, 5.41) is 13.8. The van der Waals surface area contributed by atoms with Gasteiger partial charge in [0.25, 0.3) is 5.91 Å². The van der Waals surface area contributed by atoms with Crippen molar-refractivity contribution < 1.29 is 9.72 Å². The van der Waals surface area contributed by atoms with Crippen LogP contribution in [0.15, 0.2) is 36.4 Å². The van der Waals surface area contributed by atoms with Crippen LogP contribution in [-0.2, 0) is 0 Å². The van der Waals surface area contributed by atoms with Crippen molar-refractivity contribution in [1.82, 2.24) is 0 Å². The number of anilines is 1. The van der Waals surface area contributed by atoms with E-state index in [0.717, 1.165) is 5.56 Å². The quantitative estimate of drug-likeness (QED) is 0.669. The first-order chi connectivity index (χ1) is 9.90. The zero-order valence-electron chi connectivity index (χ0n) is 10.9. The highest BCUT2D eigenvalue weighted by molar-refractivity contribution is 6.35. The van der Waals surface area contributed by atoms with Crippen molar-refractivity contribution in [3.63, 3.8) is 0 Å². The second-order valence-corrected chi connectivity index (χ2v) is 5.14. The van der Waals surface area contributed by atoms with Gasteiger partial charge in [0.15, 0.2) is 0 Å². The van der Waals surface area contributed by atoms with Crippen LogP contribution in [0, 0.1) is 17.0 Å². The van der Waals surface area contributed by atoms with Crippen LogP contribution in [0.4, 0.5) is 11.4 Å². The molecule has 2 aromatic rings. The van der Waals surface area contributed by atoms with E-state index >= 15 is 0 Å². The lowest BCUT2D eigenvalue weighted by Gasteiger charge is -2.08. The van der Waals surface area contributed by atoms with E-state index in [2.05, 4.69) is 5.32 Å². The standard InChI is InChI=1S/C14H10Cl2N2O3/c1-8-5-6-12(11(16)7-8)17-14(19)9-3-2-4-10(15)13(9)18(20)21/h2-7H,1H3,(H,17,19). The van der Waals surface area contributed by atoms with E-state index in [4.69, 9.17) is 23.2 Å². The Kier molecular flexibility index (Phi) is 4.45. The van der Waals surface area contributed by atoms with Crippen LogP contribution in [-0.4, -0.2) is 10.8 Å². The topological polar surface area (TPSA) is 72.2 Å². The third-order valence-electron chi connectivity index (χ3n) is 2.79. The maximum absolute atomic E-state index is 12.2. The van der Waals surface area contributed by atoms with Crippen molar-refractivity contribution >= 4 is 40.5 Å². The fourth-order valence-corrected chi connectivity index (χ4v) is 2.32. The predicted molar refractivity (Wildman–Crippen MR) is 82.2 cm³/mol. The number of carbonyl (C=O) groups is 1. The first-order valence-corrected chi connectivity index (χ1v) is 6.66. The highest BCUT2D eigenvalue weighted by Gasteiger charge is 2.23. The van der Waals surface area contributed by atoms with Gasteiger partial charge in [0.1, 0.15) is 10.6 Å². The molecule has 0 aliphatic heterocycles. The second kappa shape index (κ2) is 6.11. The second-order valence-electron chi connectivity index (χ2n) is 4.33. The van der Waals surface area contributed by atoms with Crippen molar-refractivity contribution in [1.29, 1.82) is 0 Å². The van der Waals surface area contributed by atoms with Crippen LogP contribution in [0.5, 0.6) is 0 Å². The van der Waals surface area contributed by atoms with Gasteiger partial charge in [-0.2, -0.15) is 0 Å². The number of hydrogen-bond acceptors (Lipinski definition) is 3. The number of benzene rings is 2. The maximum Gasteiger partial charge on any atom is 0.300 e. The van der Waals surface area contributed by atoms with Gasteiger partial charge >= 0.3 is 5.69 Å². The van der Waals surface area contributed by atoms with Crippen LogP contribution >= 0.6 is 23.2 Å². The molecule has 108 valence electrons. The van der Waals surface area contributed by atoms with Gasteiger partial charge in [0.2, 0.25) is 0 Å². The van der Waals surface area contributed by atoms with Crippen molar-refractivity contribution in [3.05, 3.63) is 67.7 Å². The van der Waals surface area contributed by atoms with Crippen molar-refractivity contribution in [3.8, 4) is 0 Å². The molecule has 1 amide bonds. The minimum atomic E-state index is -0.687. The number of nitrogens with one attached hydrogen (secondary N) is 1. The predicted octanol–water partition coefficient (Wildman–Crippen LogP) is 4.46. The molecular weight excluding hydrogens is 315 g/mol. The average Bonchev–Trinajstić information content (AvgIpc) is 2.41. The summed E-state index contributed by atoms with van der Waals surface area (Å²) in [6, 6.07) is 9.25. The fourth-order valence-electron chi connectivity index (χ4n) is 1.80. The minimum absolute atomic E-state index is 0.0948. The summed E-state index contributed by atoms with van der Waals surface area (Å²) in [6.45, 7) is 1.86. The Hall–Kier alpha value is -2.11. The lowest BCUT2D eigenvalue weighted by atomic mass is 10.1. The first kappa shape index (κ1) is 15.3. The van der Waals surface area contributed by atoms with Crippen LogP contribution < -0.4 is 5.32 Å². The molecule has 0 heterocycles. The largest absolute Gasteiger partial charge is 0.320 e. The molecule has 0 radical (unpaired) electrons. The molecule has 0 saturated carbocycles. The van der Waals surface area contributed by atoms with Crippen LogP contribution in [0.3, 0.4) is 0 Å². The number of nitro benzene ring substituents is 1. The molecule has 0 spiro atoms. The summed E-state index contributed by atoms with van der Waals surface area (Å²) in [4.78, 5) is 22.5. The Morgan fingerprint density at radius 3 is 2.52 bits per heavy atom. The van der Waals surface area contributed by atoms with E-state index in [1.54, 1.807) is 18.2 Å². The van der Waals surface area contributed by atoms with Gasteiger partial charge in [-0.1, -0.05) is 35.3 Å². The van der Waals surface area contributed by atoms with Gasteiger partial charge in [0.05, 0.1) is 15.6 Å². The Balaban J connectivity index is 2.37. The van der Waals surface area contributed by atoms with Crippen LogP contribution in [0.2, 0.25) is 10.0 Å². The van der Waals surface area contributed by atoms with Gasteiger partial charge < -0.3 is 5.32 Å². The summed E-state index contributed by atoms with van der Waals surface area (Å²) in [6.07, 6.45) is 0. The Morgan fingerprint density at radius 2 is 1.90 bits per heavy atom. The highest BCUT2D eigenvalue weighted by atomic mass is 35.5. The molecule has 0 aliphatic rings. The number of nitro groups is 1. The number of amides is 1. The zero-order chi connectivity index (χ0) is 15.6. The molecular formula is C14H10Cl2N2O3. The van der Waals surface area contributed by atoms with E-state index in [0.29, 0.717) is 10.7 Å². The summed E-state index contributed by atoms with van der Waals surface area (Å²) in [5.41, 5.74) is 0.761. The van der Waals surface area contributed by atoms with Gasteiger partial charge in [0, 0.05) is 0 Å². The van der Waals surface area contributed by atoms with E-state index in [-0.39, 0.29) is 10.6 Å². The van der Waals surface area contributed by atoms with Gasteiger partial charge in [-0.15, -0.1) is 0 Å². The number of halogens is 2. The summed E-state index contributed by atoms with van der Waals surface area (Å²) in [7, 11) is 0. The Labute approximate surface area is 130 Å². The molecule has 21 heavy (non-hydrogen) atoms. The summed E-state index contributed by atoms with van der Waals surface area (Å²) in [5.74, 6) is -0.644. The van der Waals surface area contributed by atoms with Crippen molar-refractivity contribution in [2.45, 2.75) is 6.92 Å². The Bertz CT molecular complexity index is 732. The fraction of sp³-hybridized carbons (Fsp3) is 0.0714. The summed E-state index contributed by atoms with van der Waals surface area (Å²) < 4.78 is 0. The van der Waals surface area contributed by atoms with Crippen LogP contribution in [0.25, 0.3) is 0 Å². The van der Waals surface area contributed by atoms with E-state index in [1.807, 2.05) is 6.92 Å². The number of para-hydroxylation sites is 1. The summed E-state index contributed by atoms with van der Waals surface area (Å²) >= 11 is 11.8. The molecule has 0 aromatic heterocycles. The highest BCUT2D eigenvalue weighted by Crippen LogP contribution is 2.30. The number of rotatable bonds is 3. The molecule has 7 heteroatoms. The SMILES string of the molecule is Cc1ccc(NC(=O)c2cccc(Cl)c2[N+](=O)[O-])c(Cl)c1. The van der Waals surface area contributed by atoms with Gasteiger partial charge in [-0.05, 0) is 36.8 Å². The zero-order valence-corrected chi connectivity index (χ0v) is 12.4. The molecule has 1 N–H and O–H groups in total. The molecule has 0 aliphatic carbocycles. The third-order valence-corrected chi connectivity index (χ3v) is 3.40. The van der Waals surface area contributed by atoms with Crippen molar-refractivity contribution in [2.24, 2.45) is 0 Å². The molecule has 2 rings (SSSR count). The molecule has 0 saturated heterocycles. The smallest absolute Gasteiger partial charge is 0.300 e. The molecule has 0 bridgehead atoms. The number of carbonyl (C=O) groups excluding carboxylic acids is 1.